The Hall–Kier alpha value is -2.82. The van der Waals surface area contributed by atoms with Crippen molar-refractivity contribution in [1.29, 1.82) is 0 Å². The number of benzene rings is 2. The van der Waals surface area contributed by atoms with Gasteiger partial charge in [-0.25, -0.2) is 4.79 Å². The molecule has 0 fully saturated rings. The molecule has 0 saturated carbocycles. The van der Waals surface area contributed by atoms with Crippen LogP contribution in [0.5, 0.6) is 0 Å². The molecule has 5 heteroatoms. The van der Waals surface area contributed by atoms with Crippen molar-refractivity contribution < 1.29 is 9.59 Å². The molecule has 0 heterocycles. The van der Waals surface area contributed by atoms with Crippen molar-refractivity contribution in [3.05, 3.63) is 65.2 Å². The lowest BCUT2D eigenvalue weighted by atomic mass is 9.89. The summed E-state index contributed by atoms with van der Waals surface area (Å²) >= 11 is 0. The van der Waals surface area contributed by atoms with Crippen molar-refractivity contribution in [2.24, 2.45) is 17.6 Å². The van der Waals surface area contributed by atoms with Gasteiger partial charge in [-0.2, -0.15) is 0 Å². The Bertz CT molecular complexity index is 844. The number of nitrogens with one attached hydrogen (secondary N) is 2. The van der Waals surface area contributed by atoms with Gasteiger partial charge in [0.15, 0.2) is 0 Å². The number of amides is 3. The molecule has 174 valence electrons. The highest BCUT2D eigenvalue weighted by molar-refractivity contribution is 5.93. The number of hydrogen-bond donors (Lipinski definition) is 3. The molecule has 4 N–H and O–H groups in total. The predicted octanol–water partition coefficient (Wildman–Crippen LogP) is 6.45. The molecule has 2 unspecified atom stereocenters. The number of carbonyl (C=O) groups excluding carboxylic acids is 2. The third-order valence-corrected chi connectivity index (χ3v) is 5.87. The number of hydrogen-bond acceptors (Lipinski definition) is 2. The maximum Gasteiger partial charge on any atom is 0.319 e. The average Bonchev–Trinajstić information content (AvgIpc) is 2.77. The van der Waals surface area contributed by atoms with Crippen molar-refractivity contribution in [1.82, 2.24) is 5.32 Å². The van der Waals surface area contributed by atoms with Gasteiger partial charge in [0.25, 0.3) is 0 Å². The van der Waals surface area contributed by atoms with Crippen LogP contribution in [0.2, 0.25) is 0 Å². The Balaban J connectivity index is 2.11. The molecule has 0 aliphatic carbocycles. The topological polar surface area (TPSA) is 84.2 Å². The van der Waals surface area contributed by atoms with E-state index in [4.69, 9.17) is 5.73 Å². The van der Waals surface area contributed by atoms with Crippen molar-refractivity contribution in [2.75, 3.05) is 5.32 Å². The quantitative estimate of drug-likeness (QED) is 0.356. The number of rotatable bonds is 12. The van der Waals surface area contributed by atoms with E-state index in [-0.39, 0.29) is 12.1 Å². The van der Waals surface area contributed by atoms with Gasteiger partial charge in [-0.15, -0.1) is 0 Å². The van der Waals surface area contributed by atoms with Crippen LogP contribution >= 0.6 is 0 Å². The van der Waals surface area contributed by atoms with Gasteiger partial charge in [0.1, 0.15) is 0 Å². The molecule has 0 saturated heterocycles. The van der Waals surface area contributed by atoms with Gasteiger partial charge < -0.3 is 16.4 Å². The minimum absolute atomic E-state index is 0.140. The van der Waals surface area contributed by atoms with Crippen molar-refractivity contribution in [3.8, 4) is 0 Å². The highest BCUT2D eigenvalue weighted by atomic mass is 16.2. The SMILES string of the molecule is CCCCC(CC)CC(NC(=O)Nc1ccc(CC(C)C)cc1)c1ccc(C(N)=O)cc1. The second kappa shape index (κ2) is 12.9. The van der Waals surface area contributed by atoms with E-state index in [2.05, 4.69) is 50.5 Å². The smallest absolute Gasteiger partial charge is 0.319 e. The molecular formula is C27H39N3O2. The maximum absolute atomic E-state index is 12.8. The van der Waals surface area contributed by atoms with Crippen molar-refractivity contribution in [3.63, 3.8) is 0 Å². The average molecular weight is 438 g/mol. The Labute approximate surface area is 193 Å². The Morgan fingerprint density at radius 3 is 2.16 bits per heavy atom. The van der Waals surface area contributed by atoms with Gasteiger partial charge >= 0.3 is 6.03 Å². The second-order valence-corrected chi connectivity index (χ2v) is 9.08. The summed E-state index contributed by atoms with van der Waals surface area (Å²) in [6.45, 7) is 8.79. The van der Waals surface area contributed by atoms with E-state index in [1.807, 2.05) is 24.3 Å². The molecule has 0 aromatic heterocycles. The van der Waals surface area contributed by atoms with Gasteiger partial charge in [-0.3, -0.25) is 4.79 Å². The van der Waals surface area contributed by atoms with Crippen LogP contribution in [0, 0.1) is 11.8 Å². The third-order valence-electron chi connectivity index (χ3n) is 5.87. The molecule has 2 rings (SSSR count). The van der Waals surface area contributed by atoms with Gasteiger partial charge in [0.2, 0.25) is 5.91 Å². The standard InChI is InChI=1S/C27H39N3O2/c1-5-7-8-20(6-2)18-25(22-11-13-23(14-12-22)26(28)31)30-27(32)29-24-15-9-21(10-16-24)17-19(3)4/h9-16,19-20,25H,5-8,17-18H2,1-4H3,(H2,28,31)(H2,29,30,32). The summed E-state index contributed by atoms with van der Waals surface area (Å²) in [6.07, 6.45) is 6.43. The van der Waals surface area contributed by atoms with Crippen LogP contribution in [0.25, 0.3) is 0 Å². The first-order valence-electron chi connectivity index (χ1n) is 11.9. The molecule has 0 spiro atoms. The zero-order valence-electron chi connectivity index (χ0n) is 20.0. The number of primary amides is 1. The minimum atomic E-state index is -0.450. The highest BCUT2D eigenvalue weighted by Gasteiger charge is 2.20. The summed E-state index contributed by atoms with van der Waals surface area (Å²) in [4.78, 5) is 24.3. The molecule has 3 amide bonds. The molecule has 0 bridgehead atoms. The van der Waals surface area contributed by atoms with E-state index < -0.39 is 5.91 Å². The van der Waals surface area contributed by atoms with Crippen LogP contribution in [-0.2, 0) is 6.42 Å². The summed E-state index contributed by atoms with van der Waals surface area (Å²) in [6, 6.07) is 14.9. The van der Waals surface area contributed by atoms with E-state index in [0.29, 0.717) is 17.4 Å². The molecule has 5 nitrogen and oxygen atoms in total. The van der Waals surface area contributed by atoms with E-state index in [0.717, 1.165) is 43.4 Å². The minimum Gasteiger partial charge on any atom is -0.366 e. The van der Waals surface area contributed by atoms with Gasteiger partial charge in [-0.05, 0) is 60.1 Å². The molecule has 0 aliphatic heterocycles. The number of nitrogens with two attached hydrogens (primary N) is 1. The Morgan fingerprint density at radius 2 is 1.62 bits per heavy atom. The zero-order chi connectivity index (χ0) is 23.5. The van der Waals surface area contributed by atoms with Crippen LogP contribution in [0.15, 0.2) is 48.5 Å². The molecule has 2 aromatic carbocycles. The van der Waals surface area contributed by atoms with Crippen molar-refractivity contribution in [2.45, 2.75) is 72.3 Å². The summed E-state index contributed by atoms with van der Waals surface area (Å²) in [5.41, 5.74) is 8.87. The molecule has 2 atom stereocenters. The van der Waals surface area contributed by atoms with Crippen LogP contribution in [0.1, 0.15) is 87.3 Å². The molecular weight excluding hydrogens is 398 g/mol. The number of carbonyl (C=O) groups is 2. The number of anilines is 1. The zero-order valence-corrected chi connectivity index (χ0v) is 20.0. The first-order valence-corrected chi connectivity index (χ1v) is 11.9. The first-order chi connectivity index (χ1) is 15.3. The summed E-state index contributed by atoms with van der Waals surface area (Å²) in [5.74, 6) is 0.665. The van der Waals surface area contributed by atoms with Crippen LogP contribution in [-0.4, -0.2) is 11.9 Å². The van der Waals surface area contributed by atoms with E-state index in [1.54, 1.807) is 12.1 Å². The normalized spacial score (nSPS) is 12.9. The monoisotopic (exact) mass is 437 g/mol. The Morgan fingerprint density at radius 1 is 0.969 bits per heavy atom. The van der Waals surface area contributed by atoms with Crippen LogP contribution < -0.4 is 16.4 Å². The predicted molar refractivity (Wildman–Crippen MR) is 133 cm³/mol. The second-order valence-electron chi connectivity index (χ2n) is 9.08. The fourth-order valence-electron chi connectivity index (χ4n) is 3.99. The van der Waals surface area contributed by atoms with E-state index in [9.17, 15) is 9.59 Å². The van der Waals surface area contributed by atoms with E-state index in [1.165, 1.54) is 12.0 Å². The number of urea groups is 1. The largest absolute Gasteiger partial charge is 0.366 e. The Kier molecular flexibility index (Phi) is 10.3. The number of unbranched alkanes of at least 4 members (excludes halogenated alkanes) is 1. The fraction of sp³-hybridized carbons (Fsp3) is 0.481. The molecule has 0 radical (unpaired) electrons. The molecule has 32 heavy (non-hydrogen) atoms. The van der Waals surface area contributed by atoms with Gasteiger partial charge in [-0.1, -0.05) is 77.6 Å². The lowest BCUT2D eigenvalue weighted by Crippen LogP contribution is -2.33. The fourth-order valence-corrected chi connectivity index (χ4v) is 3.99. The van der Waals surface area contributed by atoms with Crippen molar-refractivity contribution >= 4 is 17.6 Å². The maximum atomic E-state index is 12.8. The van der Waals surface area contributed by atoms with Gasteiger partial charge in [0.05, 0.1) is 6.04 Å². The van der Waals surface area contributed by atoms with E-state index >= 15 is 0 Å². The van der Waals surface area contributed by atoms with Gasteiger partial charge in [0, 0.05) is 11.3 Å². The summed E-state index contributed by atoms with van der Waals surface area (Å²) < 4.78 is 0. The first kappa shape index (κ1) is 25.4. The highest BCUT2D eigenvalue weighted by Crippen LogP contribution is 2.27. The summed E-state index contributed by atoms with van der Waals surface area (Å²) in [7, 11) is 0. The molecule has 2 aromatic rings. The lowest BCUT2D eigenvalue weighted by molar-refractivity contribution is 0.1000. The summed E-state index contributed by atoms with van der Waals surface area (Å²) in [5, 5.41) is 6.11. The molecule has 0 aliphatic rings. The lowest BCUT2D eigenvalue weighted by Gasteiger charge is -2.25. The third kappa shape index (κ3) is 8.37. The van der Waals surface area contributed by atoms with Crippen LogP contribution in [0.4, 0.5) is 10.5 Å². The van der Waals surface area contributed by atoms with Crippen LogP contribution in [0.3, 0.4) is 0 Å².